The van der Waals surface area contributed by atoms with Gasteiger partial charge in [0.2, 0.25) is 5.95 Å². The summed E-state index contributed by atoms with van der Waals surface area (Å²) in [5.41, 5.74) is 6.90. The zero-order valence-corrected chi connectivity index (χ0v) is 9.29. The van der Waals surface area contributed by atoms with Gasteiger partial charge in [-0.3, -0.25) is 0 Å². The summed E-state index contributed by atoms with van der Waals surface area (Å²) in [7, 11) is 1.54. The summed E-state index contributed by atoms with van der Waals surface area (Å²) < 4.78 is 6.75. The third kappa shape index (κ3) is 2.34. The largest absolute Gasteiger partial charge is 0.495 e. The molecule has 0 aliphatic heterocycles. The number of methoxy groups -OCH3 is 1. The molecule has 0 radical (unpaired) electrons. The number of nitrogens with two attached hydrogens (primary N) is 1. The van der Waals surface area contributed by atoms with Gasteiger partial charge in [0, 0.05) is 0 Å². The summed E-state index contributed by atoms with van der Waals surface area (Å²) in [6.45, 7) is 0.534. The van der Waals surface area contributed by atoms with Crippen LogP contribution in [0.25, 0.3) is 0 Å². The highest BCUT2D eigenvalue weighted by atomic mass is 16.5. The lowest BCUT2D eigenvalue weighted by molar-refractivity contribution is 0.412. The van der Waals surface area contributed by atoms with E-state index in [0.29, 0.717) is 17.9 Å². The summed E-state index contributed by atoms with van der Waals surface area (Å²) in [4.78, 5) is 3.84. The van der Waals surface area contributed by atoms with Crippen LogP contribution in [-0.2, 0) is 6.54 Å². The van der Waals surface area contributed by atoms with Crippen LogP contribution in [0.2, 0.25) is 0 Å². The second kappa shape index (κ2) is 4.53. The Morgan fingerprint density at radius 3 is 2.94 bits per heavy atom. The van der Waals surface area contributed by atoms with Crippen LogP contribution < -0.4 is 10.5 Å². The molecule has 0 bridgehead atoms. The van der Waals surface area contributed by atoms with Gasteiger partial charge in [0.15, 0.2) is 0 Å². The van der Waals surface area contributed by atoms with E-state index >= 15 is 0 Å². The number of nitriles is 1. The highest BCUT2D eigenvalue weighted by Gasteiger charge is 2.05. The third-order valence-corrected chi connectivity index (χ3v) is 2.29. The van der Waals surface area contributed by atoms with Crippen LogP contribution in [0.3, 0.4) is 0 Å². The standard InChI is InChI=1S/C11H11N5O/c1-17-10-4-8(2-3-9(10)5-12)6-16-7-14-11(13)15-16/h2-4,7H,6H2,1H3,(H2,13,15). The topological polar surface area (TPSA) is 89.8 Å². The van der Waals surface area contributed by atoms with E-state index in [1.165, 1.54) is 7.11 Å². The molecule has 0 saturated carbocycles. The average Bonchev–Trinajstić information content (AvgIpc) is 2.74. The van der Waals surface area contributed by atoms with Crippen molar-refractivity contribution in [3.05, 3.63) is 35.7 Å². The highest BCUT2D eigenvalue weighted by Crippen LogP contribution is 2.19. The van der Waals surface area contributed by atoms with Gasteiger partial charge in [-0.25, -0.2) is 9.67 Å². The van der Waals surface area contributed by atoms with E-state index in [9.17, 15) is 0 Å². The molecule has 0 saturated heterocycles. The minimum Gasteiger partial charge on any atom is -0.495 e. The molecule has 6 nitrogen and oxygen atoms in total. The Labute approximate surface area is 98.3 Å². The number of hydrogen-bond acceptors (Lipinski definition) is 5. The fourth-order valence-electron chi connectivity index (χ4n) is 1.50. The zero-order chi connectivity index (χ0) is 12.3. The SMILES string of the molecule is COc1cc(Cn2cnc(N)n2)ccc1C#N. The van der Waals surface area contributed by atoms with Crippen LogP contribution in [-0.4, -0.2) is 21.9 Å². The molecule has 2 N–H and O–H groups in total. The average molecular weight is 229 g/mol. The molecule has 0 amide bonds. The number of rotatable bonds is 3. The number of ether oxygens (including phenoxy) is 1. The van der Waals surface area contributed by atoms with E-state index in [1.54, 1.807) is 23.1 Å². The Hall–Kier alpha value is -2.55. The lowest BCUT2D eigenvalue weighted by Crippen LogP contribution is -2.02. The first-order valence-corrected chi connectivity index (χ1v) is 4.95. The zero-order valence-electron chi connectivity index (χ0n) is 9.29. The Kier molecular flexibility index (Phi) is 2.92. The van der Waals surface area contributed by atoms with Gasteiger partial charge in [-0.2, -0.15) is 5.26 Å². The van der Waals surface area contributed by atoms with Crippen LogP contribution in [0.5, 0.6) is 5.75 Å². The molecule has 2 aromatic rings. The van der Waals surface area contributed by atoms with E-state index in [4.69, 9.17) is 15.7 Å². The maximum absolute atomic E-state index is 8.86. The first kappa shape index (κ1) is 11.0. The third-order valence-electron chi connectivity index (χ3n) is 2.29. The minimum absolute atomic E-state index is 0.241. The lowest BCUT2D eigenvalue weighted by Gasteiger charge is -2.06. The normalized spacial score (nSPS) is 9.88. The van der Waals surface area contributed by atoms with Gasteiger partial charge in [-0.05, 0) is 17.7 Å². The lowest BCUT2D eigenvalue weighted by atomic mass is 10.1. The molecule has 0 atom stereocenters. The van der Waals surface area contributed by atoms with Gasteiger partial charge >= 0.3 is 0 Å². The summed E-state index contributed by atoms with van der Waals surface area (Å²) in [5, 5.41) is 12.8. The molecule has 17 heavy (non-hydrogen) atoms. The molecule has 0 aliphatic rings. The first-order chi connectivity index (χ1) is 8.22. The number of benzene rings is 1. The van der Waals surface area contributed by atoms with Crippen LogP contribution in [0.4, 0.5) is 5.95 Å². The fraction of sp³-hybridized carbons (Fsp3) is 0.182. The van der Waals surface area contributed by atoms with E-state index in [0.717, 1.165) is 5.56 Å². The molecule has 0 aliphatic carbocycles. The highest BCUT2D eigenvalue weighted by molar-refractivity contribution is 5.45. The fourth-order valence-corrected chi connectivity index (χ4v) is 1.50. The molecule has 0 spiro atoms. The molecule has 1 heterocycles. The van der Waals surface area contributed by atoms with E-state index < -0.39 is 0 Å². The number of hydrogen-bond donors (Lipinski definition) is 1. The molecular formula is C11H11N5O. The predicted molar refractivity (Wildman–Crippen MR) is 61.2 cm³/mol. The molecule has 6 heteroatoms. The number of aromatic nitrogens is 3. The quantitative estimate of drug-likeness (QED) is 0.840. The monoisotopic (exact) mass is 229 g/mol. The molecule has 0 fully saturated rings. The van der Waals surface area contributed by atoms with E-state index in [-0.39, 0.29) is 5.95 Å². The van der Waals surface area contributed by atoms with E-state index in [2.05, 4.69) is 16.2 Å². The molecule has 1 aromatic heterocycles. The Balaban J connectivity index is 2.25. The number of nitrogens with zero attached hydrogens (tertiary/aromatic N) is 4. The van der Waals surface area contributed by atoms with Gasteiger partial charge in [0.1, 0.15) is 18.1 Å². The van der Waals surface area contributed by atoms with Gasteiger partial charge in [-0.1, -0.05) is 6.07 Å². The van der Waals surface area contributed by atoms with Crippen molar-refractivity contribution in [2.75, 3.05) is 12.8 Å². The van der Waals surface area contributed by atoms with Gasteiger partial charge in [-0.15, -0.1) is 5.10 Å². The van der Waals surface area contributed by atoms with Gasteiger partial charge in [0.25, 0.3) is 0 Å². The molecule has 0 unspecified atom stereocenters. The van der Waals surface area contributed by atoms with Crippen molar-refractivity contribution in [3.8, 4) is 11.8 Å². The van der Waals surface area contributed by atoms with Crippen LogP contribution >= 0.6 is 0 Å². The molecular weight excluding hydrogens is 218 g/mol. The predicted octanol–water partition coefficient (Wildman–Crippen LogP) is 0.789. The van der Waals surface area contributed by atoms with E-state index in [1.807, 2.05) is 6.07 Å². The van der Waals surface area contributed by atoms with Crippen LogP contribution in [0.1, 0.15) is 11.1 Å². The van der Waals surface area contributed by atoms with Crippen molar-refractivity contribution in [2.24, 2.45) is 0 Å². The number of anilines is 1. The second-order valence-corrected chi connectivity index (χ2v) is 3.45. The van der Waals surface area contributed by atoms with Crippen molar-refractivity contribution >= 4 is 5.95 Å². The minimum atomic E-state index is 0.241. The molecule has 1 aromatic carbocycles. The summed E-state index contributed by atoms with van der Waals surface area (Å²) in [6.07, 6.45) is 1.56. The Morgan fingerprint density at radius 1 is 1.53 bits per heavy atom. The van der Waals surface area contributed by atoms with Crippen LogP contribution in [0, 0.1) is 11.3 Å². The van der Waals surface area contributed by atoms with Gasteiger partial charge < -0.3 is 10.5 Å². The van der Waals surface area contributed by atoms with Crippen molar-refractivity contribution in [2.45, 2.75) is 6.54 Å². The smallest absolute Gasteiger partial charge is 0.239 e. The maximum Gasteiger partial charge on any atom is 0.239 e. The maximum atomic E-state index is 8.86. The molecule has 2 rings (SSSR count). The first-order valence-electron chi connectivity index (χ1n) is 4.95. The van der Waals surface area contributed by atoms with Crippen molar-refractivity contribution < 1.29 is 4.74 Å². The van der Waals surface area contributed by atoms with Crippen LogP contribution in [0.15, 0.2) is 24.5 Å². The Bertz CT molecular complexity index is 569. The van der Waals surface area contributed by atoms with Crippen molar-refractivity contribution in [1.82, 2.24) is 14.8 Å². The Morgan fingerprint density at radius 2 is 2.35 bits per heavy atom. The summed E-state index contributed by atoms with van der Waals surface area (Å²) >= 11 is 0. The second-order valence-electron chi connectivity index (χ2n) is 3.45. The number of nitrogen functional groups attached to an aromatic ring is 1. The summed E-state index contributed by atoms with van der Waals surface area (Å²) in [5.74, 6) is 0.795. The summed E-state index contributed by atoms with van der Waals surface area (Å²) in [6, 6.07) is 7.43. The van der Waals surface area contributed by atoms with Crippen molar-refractivity contribution in [1.29, 1.82) is 5.26 Å². The molecule has 86 valence electrons. The van der Waals surface area contributed by atoms with Gasteiger partial charge in [0.05, 0.1) is 19.2 Å². The van der Waals surface area contributed by atoms with Crippen molar-refractivity contribution in [3.63, 3.8) is 0 Å².